The van der Waals surface area contributed by atoms with Gasteiger partial charge in [0.15, 0.2) is 0 Å². The number of halogens is 2. The maximum Gasteiger partial charge on any atom is 0.307 e. The van der Waals surface area contributed by atoms with Gasteiger partial charge in [0.1, 0.15) is 6.54 Å². The minimum Gasteiger partial charge on any atom is -0.481 e. The molecule has 0 saturated heterocycles. The molecular formula is C9H12F2N2O2. The molecule has 0 saturated carbocycles. The summed E-state index contributed by atoms with van der Waals surface area (Å²) in [6.45, 7) is 2.72. The van der Waals surface area contributed by atoms with E-state index in [0.717, 1.165) is 4.68 Å². The van der Waals surface area contributed by atoms with E-state index < -0.39 is 18.9 Å². The van der Waals surface area contributed by atoms with Crippen LogP contribution in [0.1, 0.15) is 17.0 Å². The lowest BCUT2D eigenvalue weighted by Crippen LogP contribution is -2.10. The van der Waals surface area contributed by atoms with Crippen LogP contribution in [0.15, 0.2) is 0 Å². The maximum absolute atomic E-state index is 12.1. The molecule has 0 atom stereocenters. The number of nitrogens with zero attached hydrogens (tertiary/aromatic N) is 2. The SMILES string of the molecule is Cc1nn(CC(F)F)c(C)c1CC(=O)O. The van der Waals surface area contributed by atoms with Gasteiger partial charge in [-0.15, -0.1) is 0 Å². The van der Waals surface area contributed by atoms with Crippen LogP contribution in [0.25, 0.3) is 0 Å². The van der Waals surface area contributed by atoms with Crippen LogP contribution >= 0.6 is 0 Å². The highest BCUT2D eigenvalue weighted by Gasteiger charge is 2.16. The summed E-state index contributed by atoms with van der Waals surface area (Å²) in [5.41, 5.74) is 1.51. The van der Waals surface area contributed by atoms with E-state index in [1.807, 2.05) is 0 Å². The number of aryl methyl sites for hydroxylation is 1. The van der Waals surface area contributed by atoms with E-state index in [2.05, 4.69) is 5.10 Å². The number of carbonyl (C=O) groups is 1. The van der Waals surface area contributed by atoms with E-state index in [-0.39, 0.29) is 6.42 Å². The summed E-state index contributed by atoms with van der Waals surface area (Å²) >= 11 is 0. The molecule has 15 heavy (non-hydrogen) atoms. The van der Waals surface area contributed by atoms with Crippen LogP contribution in [0.4, 0.5) is 8.78 Å². The Labute approximate surface area is 85.5 Å². The van der Waals surface area contributed by atoms with Gasteiger partial charge >= 0.3 is 5.97 Å². The van der Waals surface area contributed by atoms with Crippen molar-refractivity contribution in [3.05, 3.63) is 17.0 Å². The lowest BCUT2D eigenvalue weighted by molar-refractivity contribution is -0.136. The molecule has 0 spiro atoms. The molecular weight excluding hydrogens is 206 g/mol. The predicted octanol–water partition coefficient (Wildman–Crippen LogP) is 1.39. The van der Waals surface area contributed by atoms with Gasteiger partial charge in [-0.25, -0.2) is 8.78 Å². The second kappa shape index (κ2) is 4.37. The molecule has 0 aliphatic rings. The van der Waals surface area contributed by atoms with Gasteiger partial charge in [0.05, 0.1) is 12.1 Å². The van der Waals surface area contributed by atoms with Gasteiger partial charge in [-0.05, 0) is 13.8 Å². The third kappa shape index (κ3) is 2.74. The molecule has 4 nitrogen and oxygen atoms in total. The monoisotopic (exact) mass is 218 g/mol. The first-order valence-corrected chi connectivity index (χ1v) is 4.44. The van der Waals surface area contributed by atoms with Crippen molar-refractivity contribution >= 4 is 5.97 Å². The van der Waals surface area contributed by atoms with Crippen LogP contribution in [-0.2, 0) is 17.8 Å². The third-order valence-electron chi connectivity index (χ3n) is 2.17. The van der Waals surface area contributed by atoms with E-state index >= 15 is 0 Å². The Morgan fingerprint density at radius 1 is 1.53 bits per heavy atom. The largest absolute Gasteiger partial charge is 0.481 e. The zero-order valence-electron chi connectivity index (χ0n) is 8.50. The summed E-state index contributed by atoms with van der Waals surface area (Å²) in [6.07, 6.45) is -2.67. The average Bonchev–Trinajstić information content (AvgIpc) is 2.31. The summed E-state index contributed by atoms with van der Waals surface area (Å²) in [6, 6.07) is 0. The molecule has 0 fully saturated rings. The first kappa shape index (κ1) is 11.6. The highest BCUT2D eigenvalue weighted by molar-refractivity contribution is 5.70. The minimum absolute atomic E-state index is 0.180. The molecule has 1 N–H and O–H groups in total. The van der Waals surface area contributed by atoms with E-state index in [1.165, 1.54) is 0 Å². The predicted molar refractivity (Wildman–Crippen MR) is 49.0 cm³/mol. The molecule has 0 bridgehead atoms. The van der Waals surface area contributed by atoms with Gasteiger partial charge < -0.3 is 5.11 Å². The maximum atomic E-state index is 12.1. The van der Waals surface area contributed by atoms with Crippen molar-refractivity contribution in [2.75, 3.05) is 0 Å². The van der Waals surface area contributed by atoms with Crippen LogP contribution in [0, 0.1) is 13.8 Å². The molecule has 1 aromatic rings. The molecule has 84 valence electrons. The van der Waals surface area contributed by atoms with Gasteiger partial charge in [0, 0.05) is 11.3 Å². The molecule has 0 unspecified atom stereocenters. The second-order valence-corrected chi connectivity index (χ2v) is 3.29. The first-order chi connectivity index (χ1) is 6.91. The highest BCUT2D eigenvalue weighted by Crippen LogP contribution is 2.14. The average molecular weight is 218 g/mol. The summed E-state index contributed by atoms with van der Waals surface area (Å²) in [7, 11) is 0. The van der Waals surface area contributed by atoms with Gasteiger partial charge in [-0.2, -0.15) is 5.10 Å². The van der Waals surface area contributed by atoms with Crippen molar-refractivity contribution in [2.45, 2.75) is 33.2 Å². The van der Waals surface area contributed by atoms with Crippen molar-refractivity contribution in [3.8, 4) is 0 Å². The van der Waals surface area contributed by atoms with Crippen LogP contribution in [0.3, 0.4) is 0 Å². The van der Waals surface area contributed by atoms with Crippen molar-refractivity contribution in [1.82, 2.24) is 9.78 Å². The zero-order chi connectivity index (χ0) is 11.6. The van der Waals surface area contributed by atoms with Gasteiger partial charge in [0.25, 0.3) is 6.43 Å². The van der Waals surface area contributed by atoms with Gasteiger partial charge in [-0.3, -0.25) is 9.48 Å². The standard InChI is InChI=1S/C9H12F2N2O2/c1-5-7(3-9(14)15)6(2)13(12-5)4-8(10)11/h8H,3-4H2,1-2H3,(H,14,15). The Balaban J connectivity index is 2.98. The number of hydrogen-bond donors (Lipinski definition) is 1. The first-order valence-electron chi connectivity index (χ1n) is 4.44. The molecule has 0 aliphatic carbocycles. The molecule has 1 aromatic heterocycles. The van der Waals surface area contributed by atoms with Crippen LogP contribution in [0.5, 0.6) is 0 Å². The Hall–Kier alpha value is -1.46. The molecule has 1 heterocycles. The van der Waals surface area contributed by atoms with Crippen molar-refractivity contribution < 1.29 is 18.7 Å². The molecule has 0 amide bonds. The zero-order valence-corrected chi connectivity index (χ0v) is 8.50. The fourth-order valence-electron chi connectivity index (χ4n) is 1.45. The van der Waals surface area contributed by atoms with E-state index in [1.54, 1.807) is 13.8 Å². The highest BCUT2D eigenvalue weighted by atomic mass is 19.3. The summed E-state index contributed by atoms with van der Waals surface area (Å²) < 4.78 is 25.4. The fourth-order valence-corrected chi connectivity index (χ4v) is 1.45. The van der Waals surface area contributed by atoms with Crippen molar-refractivity contribution in [3.63, 3.8) is 0 Å². The van der Waals surface area contributed by atoms with E-state index in [0.29, 0.717) is 17.0 Å². The number of carboxylic acid groups (broad SMARTS) is 1. The topological polar surface area (TPSA) is 55.1 Å². The number of aliphatic carboxylic acids is 1. The number of rotatable bonds is 4. The summed E-state index contributed by atoms with van der Waals surface area (Å²) in [4.78, 5) is 10.5. The quantitative estimate of drug-likeness (QED) is 0.830. The molecule has 6 heteroatoms. The second-order valence-electron chi connectivity index (χ2n) is 3.29. The Morgan fingerprint density at radius 3 is 2.60 bits per heavy atom. The number of aromatic nitrogens is 2. The third-order valence-corrected chi connectivity index (χ3v) is 2.17. The normalized spacial score (nSPS) is 11.0. The minimum atomic E-state index is -2.49. The van der Waals surface area contributed by atoms with E-state index in [9.17, 15) is 13.6 Å². The molecule has 0 aromatic carbocycles. The Kier molecular flexibility index (Phi) is 3.39. The van der Waals surface area contributed by atoms with Crippen molar-refractivity contribution in [2.24, 2.45) is 0 Å². The lowest BCUT2D eigenvalue weighted by atomic mass is 10.1. The smallest absolute Gasteiger partial charge is 0.307 e. The lowest BCUT2D eigenvalue weighted by Gasteiger charge is -2.03. The number of alkyl halides is 2. The van der Waals surface area contributed by atoms with E-state index in [4.69, 9.17) is 5.11 Å². The number of carboxylic acids is 1. The van der Waals surface area contributed by atoms with Crippen molar-refractivity contribution in [1.29, 1.82) is 0 Å². The Morgan fingerprint density at radius 2 is 2.13 bits per heavy atom. The Bertz CT molecular complexity index is 374. The van der Waals surface area contributed by atoms with Gasteiger partial charge in [-0.1, -0.05) is 0 Å². The molecule has 0 radical (unpaired) electrons. The number of hydrogen-bond acceptors (Lipinski definition) is 2. The molecule has 1 rings (SSSR count). The van der Waals surface area contributed by atoms with Gasteiger partial charge in [0.2, 0.25) is 0 Å². The van der Waals surface area contributed by atoms with Crippen LogP contribution in [-0.4, -0.2) is 27.3 Å². The summed E-state index contributed by atoms with van der Waals surface area (Å²) in [5.74, 6) is -0.988. The van der Waals surface area contributed by atoms with Crippen LogP contribution < -0.4 is 0 Å². The molecule has 0 aliphatic heterocycles. The van der Waals surface area contributed by atoms with Crippen LogP contribution in [0.2, 0.25) is 0 Å². The fraction of sp³-hybridized carbons (Fsp3) is 0.556. The summed E-state index contributed by atoms with van der Waals surface area (Å²) in [5, 5.41) is 12.5.